The van der Waals surface area contributed by atoms with E-state index < -0.39 is 52.5 Å². The summed E-state index contributed by atoms with van der Waals surface area (Å²) in [6.07, 6.45) is -0.766. The fraction of sp³-hybridized carbons (Fsp3) is 0.760. The van der Waals surface area contributed by atoms with Crippen LogP contribution in [0.5, 0.6) is 0 Å². The molecule has 13 heteroatoms. The molecule has 0 saturated carbocycles. The zero-order chi connectivity index (χ0) is 29.6. The van der Waals surface area contributed by atoms with Gasteiger partial charge in [0, 0.05) is 13.8 Å². The molecule has 0 radical (unpaired) electrons. The predicted octanol–water partition coefficient (Wildman–Crippen LogP) is 1.51. The first-order valence-electron chi connectivity index (χ1n) is 12.6. The van der Waals surface area contributed by atoms with Gasteiger partial charge >= 0.3 is 24.0 Å². The topological polar surface area (TPSA) is 175 Å². The highest BCUT2D eigenvalue weighted by Gasteiger charge is 2.50. The second-order valence-electron chi connectivity index (χ2n) is 9.57. The fourth-order valence-electron chi connectivity index (χ4n) is 3.64. The maximum Gasteiger partial charge on any atom is 0.407 e. The molecule has 0 aromatic carbocycles. The second-order valence-corrected chi connectivity index (χ2v) is 9.57. The first kappa shape index (κ1) is 34.6. The molecule has 218 valence electrons. The van der Waals surface area contributed by atoms with Crippen molar-refractivity contribution in [2.45, 2.75) is 97.8 Å². The predicted molar refractivity (Wildman–Crippen MR) is 136 cm³/mol. The van der Waals surface area contributed by atoms with Gasteiger partial charge in [-0.15, -0.1) is 0 Å². The Labute approximate surface area is 224 Å². The molecule has 3 amide bonds. The lowest BCUT2D eigenvalue weighted by atomic mass is 9.87. The van der Waals surface area contributed by atoms with Gasteiger partial charge in [-0.3, -0.25) is 9.59 Å². The molecule has 1 atom stereocenters. The Hall–Kier alpha value is -3.38. The molecule has 0 bridgehead atoms. The lowest BCUT2D eigenvalue weighted by Crippen LogP contribution is -2.62. The van der Waals surface area contributed by atoms with Crippen molar-refractivity contribution in [1.82, 2.24) is 16.0 Å². The van der Waals surface area contributed by atoms with Gasteiger partial charge in [-0.2, -0.15) is 0 Å². The number of carbonyl (C=O) groups excluding carboxylic acids is 6. The third-order valence-corrected chi connectivity index (χ3v) is 5.06. The molecule has 0 aromatic rings. The molecule has 38 heavy (non-hydrogen) atoms. The van der Waals surface area contributed by atoms with Crippen molar-refractivity contribution in [2.24, 2.45) is 0 Å². The standard InChI is InChI=1S/C25H43N3O10/c1-9-35-19(31)24(27-17(4)29,16-26-22(34)38-23(6,7)8)14-12-13-15-25(28-18(5)30,20(32)36-10-2)21(33)37-11-3/h9-16H2,1-8H3,(H,26,34)(H,27,29)(H,28,30)/t24-/m1/s1. The molecule has 0 heterocycles. The van der Waals surface area contributed by atoms with Crippen LogP contribution < -0.4 is 16.0 Å². The lowest BCUT2D eigenvalue weighted by molar-refractivity contribution is -0.168. The average Bonchev–Trinajstić information content (AvgIpc) is 2.78. The maximum atomic E-state index is 13.0. The number of hydrogen-bond acceptors (Lipinski definition) is 10. The highest BCUT2D eigenvalue weighted by atomic mass is 16.6. The van der Waals surface area contributed by atoms with Crippen molar-refractivity contribution in [1.29, 1.82) is 0 Å². The smallest absolute Gasteiger partial charge is 0.407 e. The van der Waals surface area contributed by atoms with Crippen LogP contribution in [0, 0.1) is 0 Å². The second kappa shape index (κ2) is 15.8. The van der Waals surface area contributed by atoms with Crippen molar-refractivity contribution in [3.8, 4) is 0 Å². The Balaban J connectivity index is 5.97. The Morgan fingerprint density at radius 2 is 1.11 bits per heavy atom. The number of hydrogen-bond donors (Lipinski definition) is 3. The molecule has 0 rings (SSSR count). The quantitative estimate of drug-likeness (QED) is 0.118. The maximum absolute atomic E-state index is 13.0. The molecule has 13 nitrogen and oxygen atoms in total. The molecule has 0 unspecified atom stereocenters. The molecular formula is C25H43N3O10. The van der Waals surface area contributed by atoms with Crippen LogP contribution in [0.1, 0.15) is 81.1 Å². The van der Waals surface area contributed by atoms with Gasteiger partial charge in [0.05, 0.1) is 26.4 Å². The van der Waals surface area contributed by atoms with Crippen LogP contribution in [0.15, 0.2) is 0 Å². The van der Waals surface area contributed by atoms with Crippen molar-refractivity contribution >= 4 is 35.8 Å². The summed E-state index contributed by atoms with van der Waals surface area (Å²) < 4.78 is 20.5. The number of amides is 3. The third kappa shape index (κ3) is 11.3. The van der Waals surface area contributed by atoms with E-state index in [-0.39, 0.29) is 52.0 Å². The van der Waals surface area contributed by atoms with E-state index in [2.05, 4.69) is 16.0 Å². The van der Waals surface area contributed by atoms with Gasteiger partial charge in [0.2, 0.25) is 17.4 Å². The Kier molecular flexibility index (Phi) is 14.4. The first-order valence-corrected chi connectivity index (χ1v) is 12.6. The van der Waals surface area contributed by atoms with E-state index in [0.717, 1.165) is 6.92 Å². The fourth-order valence-corrected chi connectivity index (χ4v) is 3.64. The van der Waals surface area contributed by atoms with Crippen LogP contribution in [0.3, 0.4) is 0 Å². The third-order valence-electron chi connectivity index (χ3n) is 5.06. The summed E-state index contributed by atoms with van der Waals surface area (Å²) in [6.45, 7) is 11.7. The Morgan fingerprint density at radius 1 is 0.658 bits per heavy atom. The number of carbonyl (C=O) groups is 6. The number of esters is 3. The van der Waals surface area contributed by atoms with E-state index in [9.17, 15) is 28.8 Å². The Morgan fingerprint density at radius 3 is 1.53 bits per heavy atom. The van der Waals surface area contributed by atoms with Crippen LogP contribution in [-0.4, -0.2) is 78.9 Å². The van der Waals surface area contributed by atoms with Gasteiger partial charge in [-0.1, -0.05) is 6.42 Å². The molecule has 0 aliphatic rings. The minimum Gasteiger partial charge on any atom is -0.464 e. The van der Waals surface area contributed by atoms with Crippen molar-refractivity contribution in [2.75, 3.05) is 26.4 Å². The summed E-state index contributed by atoms with van der Waals surface area (Å²) in [7, 11) is 0. The molecule has 0 spiro atoms. The van der Waals surface area contributed by atoms with E-state index in [1.165, 1.54) is 6.92 Å². The molecule has 0 aromatic heterocycles. The highest BCUT2D eigenvalue weighted by molar-refractivity contribution is 6.07. The number of rotatable bonds is 15. The van der Waals surface area contributed by atoms with Gasteiger partial charge in [0.1, 0.15) is 5.60 Å². The van der Waals surface area contributed by atoms with E-state index in [1.807, 2.05) is 0 Å². The van der Waals surface area contributed by atoms with Gasteiger partial charge in [0.25, 0.3) is 0 Å². The van der Waals surface area contributed by atoms with Crippen LogP contribution >= 0.6 is 0 Å². The summed E-state index contributed by atoms with van der Waals surface area (Å²) in [4.78, 5) is 74.8. The number of unbranched alkanes of at least 4 members (excludes halogenated alkanes) is 1. The summed E-state index contributed by atoms with van der Waals surface area (Å²) in [5.74, 6) is -3.92. The molecule has 0 aliphatic heterocycles. The highest BCUT2D eigenvalue weighted by Crippen LogP contribution is 2.24. The van der Waals surface area contributed by atoms with Crippen molar-refractivity contribution in [3.63, 3.8) is 0 Å². The van der Waals surface area contributed by atoms with Crippen LogP contribution in [-0.2, 0) is 42.9 Å². The molecule has 0 aliphatic carbocycles. The molecule has 0 fully saturated rings. The summed E-state index contributed by atoms with van der Waals surface area (Å²) in [6, 6.07) is 0. The number of nitrogens with one attached hydrogen (secondary N) is 3. The SMILES string of the molecule is CCOC(=O)C(CCCC[C@](CNC(=O)OC(C)(C)C)(NC(C)=O)C(=O)OCC)(NC(C)=O)C(=O)OCC. The largest absolute Gasteiger partial charge is 0.464 e. The van der Waals surface area contributed by atoms with Crippen molar-refractivity contribution < 1.29 is 47.7 Å². The van der Waals surface area contributed by atoms with Crippen LogP contribution in [0.2, 0.25) is 0 Å². The van der Waals surface area contributed by atoms with E-state index in [1.54, 1.807) is 41.5 Å². The van der Waals surface area contributed by atoms with Crippen LogP contribution in [0.4, 0.5) is 4.79 Å². The normalized spacial score (nSPS) is 12.8. The molecular weight excluding hydrogens is 502 g/mol. The first-order chi connectivity index (χ1) is 17.6. The Bertz CT molecular complexity index is 835. The minimum atomic E-state index is -2.09. The average molecular weight is 546 g/mol. The summed E-state index contributed by atoms with van der Waals surface area (Å²) in [5.41, 5.74) is -4.55. The van der Waals surface area contributed by atoms with E-state index in [4.69, 9.17) is 18.9 Å². The number of ether oxygens (including phenoxy) is 4. The monoisotopic (exact) mass is 545 g/mol. The zero-order valence-corrected chi connectivity index (χ0v) is 23.7. The van der Waals surface area contributed by atoms with Gasteiger partial charge in [-0.25, -0.2) is 19.2 Å². The van der Waals surface area contributed by atoms with Gasteiger partial charge in [-0.05, 0) is 60.8 Å². The van der Waals surface area contributed by atoms with Gasteiger partial charge in [0.15, 0.2) is 5.54 Å². The van der Waals surface area contributed by atoms with Gasteiger partial charge < -0.3 is 34.9 Å². The summed E-state index contributed by atoms with van der Waals surface area (Å²) in [5, 5.41) is 7.45. The zero-order valence-electron chi connectivity index (χ0n) is 23.7. The van der Waals surface area contributed by atoms with E-state index in [0.29, 0.717) is 0 Å². The minimum absolute atomic E-state index is 0.0178. The van der Waals surface area contributed by atoms with Crippen LogP contribution in [0.25, 0.3) is 0 Å². The molecule has 3 N–H and O–H groups in total. The number of alkyl carbamates (subject to hydrolysis) is 1. The van der Waals surface area contributed by atoms with Crippen molar-refractivity contribution in [3.05, 3.63) is 0 Å². The lowest BCUT2D eigenvalue weighted by Gasteiger charge is -2.33. The molecule has 0 saturated heterocycles. The summed E-state index contributed by atoms with van der Waals surface area (Å²) >= 11 is 0. The van der Waals surface area contributed by atoms with E-state index >= 15 is 0 Å².